The highest BCUT2D eigenvalue weighted by molar-refractivity contribution is 7.89. The summed E-state index contributed by atoms with van der Waals surface area (Å²) in [5.74, 6) is -0.481. The molecule has 2 fully saturated rings. The van der Waals surface area contributed by atoms with Crippen LogP contribution in [0.5, 0.6) is 0 Å². The molecule has 0 saturated carbocycles. The summed E-state index contributed by atoms with van der Waals surface area (Å²) in [7, 11) is -3.73. The second-order valence-corrected chi connectivity index (χ2v) is 8.32. The van der Waals surface area contributed by atoms with E-state index in [1.54, 1.807) is 9.80 Å². The molecule has 1 atom stereocenters. The number of benzene rings is 1. The van der Waals surface area contributed by atoms with E-state index in [1.165, 1.54) is 16.4 Å². The quantitative estimate of drug-likeness (QED) is 0.816. The molecule has 2 amide bonds. The van der Waals surface area contributed by atoms with Crippen LogP contribution in [0.2, 0.25) is 0 Å². The molecule has 2 aliphatic heterocycles. The van der Waals surface area contributed by atoms with E-state index in [0.29, 0.717) is 0 Å². The summed E-state index contributed by atoms with van der Waals surface area (Å²) in [6.45, 7) is 3.59. The number of nitrogens with zero attached hydrogens (tertiary/aromatic N) is 3. The molecule has 2 heterocycles. The topological polar surface area (TPSA) is 60.9 Å². The molecule has 2 saturated heterocycles. The van der Waals surface area contributed by atoms with Crippen molar-refractivity contribution in [2.24, 2.45) is 0 Å². The lowest BCUT2D eigenvalue weighted by Gasteiger charge is -2.32. The predicted molar refractivity (Wildman–Crippen MR) is 87.3 cm³/mol. The van der Waals surface area contributed by atoms with E-state index in [-0.39, 0.29) is 30.2 Å². The number of sulfonamides is 1. The van der Waals surface area contributed by atoms with Crippen molar-refractivity contribution in [1.82, 2.24) is 14.1 Å². The van der Waals surface area contributed by atoms with Gasteiger partial charge < -0.3 is 9.80 Å². The van der Waals surface area contributed by atoms with Gasteiger partial charge >= 0.3 is 6.03 Å². The smallest absolute Gasteiger partial charge is 0.321 e. The van der Waals surface area contributed by atoms with Crippen molar-refractivity contribution in [2.45, 2.75) is 37.1 Å². The van der Waals surface area contributed by atoms with Crippen LogP contribution < -0.4 is 0 Å². The maximum Gasteiger partial charge on any atom is 0.321 e. The zero-order valence-electron chi connectivity index (χ0n) is 13.7. The second kappa shape index (κ2) is 6.68. The predicted octanol–water partition coefficient (Wildman–Crippen LogP) is 2.08. The van der Waals surface area contributed by atoms with Crippen LogP contribution in [0.25, 0.3) is 0 Å². The molecule has 1 unspecified atom stereocenters. The summed E-state index contributed by atoms with van der Waals surface area (Å²) < 4.78 is 39.7. The van der Waals surface area contributed by atoms with Crippen molar-refractivity contribution in [3.05, 3.63) is 30.1 Å². The van der Waals surface area contributed by atoms with Gasteiger partial charge in [-0.1, -0.05) is 0 Å². The Morgan fingerprint density at radius 1 is 1.12 bits per heavy atom. The molecule has 6 nitrogen and oxygen atoms in total. The van der Waals surface area contributed by atoms with Crippen molar-refractivity contribution in [1.29, 1.82) is 0 Å². The van der Waals surface area contributed by atoms with Crippen LogP contribution in [0.1, 0.15) is 26.2 Å². The first-order valence-electron chi connectivity index (χ1n) is 8.21. The standard InChI is InChI=1S/C16H22FN3O3S/c1-13-11-19(24(22,23)15-7-5-14(17)6-8-15)12-20(13)16(21)18-9-3-2-4-10-18/h5-8,13H,2-4,9-12H2,1H3. The van der Waals surface area contributed by atoms with Crippen LogP contribution in [0.4, 0.5) is 9.18 Å². The second-order valence-electron chi connectivity index (χ2n) is 6.38. The molecule has 1 aromatic rings. The number of carbonyl (C=O) groups is 1. The molecular weight excluding hydrogens is 333 g/mol. The zero-order valence-corrected chi connectivity index (χ0v) is 14.5. The summed E-state index contributed by atoms with van der Waals surface area (Å²) in [6, 6.07) is 4.48. The number of halogens is 1. The SMILES string of the molecule is CC1CN(S(=O)(=O)c2ccc(F)cc2)CN1C(=O)N1CCCCC1. The molecule has 8 heteroatoms. The Kier molecular flexibility index (Phi) is 4.78. The van der Waals surface area contributed by atoms with E-state index in [9.17, 15) is 17.6 Å². The van der Waals surface area contributed by atoms with Gasteiger partial charge in [0.25, 0.3) is 0 Å². The number of hydrogen-bond donors (Lipinski definition) is 0. The fraction of sp³-hybridized carbons (Fsp3) is 0.562. The van der Waals surface area contributed by atoms with E-state index in [4.69, 9.17) is 0 Å². The van der Waals surface area contributed by atoms with Crippen LogP contribution in [-0.2, 0) is 10.0 Å². The van der Waals surface area contributed by atoms with Gasteiger partial charge in [0.05, 0.1) is 11.6 Å². The third-order valence-electron chi connectivity index (χ3n) is 4.63. The van der Waals surface area contributed by atoms with E-state index in [2.05, 4.69) is 0 Å². The van der Waals surface area contributed by atoms with Gasteiger partial charge in [0, 0.05) is 25.7 Å². The lowest BCUT2D eigenvalue weighted by Crippen LogP contribution is -2.47. The highest BCUT2D eigenvalue weighted by atomic mass is 32.2. The minimum absolute atomic E-state index is 0.0379. The minimum Gasteiger partial charge on any atom is -0.325 e. The maximum atomic E-state index is 13.0. The Labute approximate surface area is 141 Å². The summed E-state index contributed by atoms with van der Waals surface area (Å²) in [5, 5.41) is 0. The Hall–Kier alpha value is -1.67. The van der Waals surface area contributed by atoms with Crippen molar-refractivity contribution in [2.75, 3.05) is 26.3 Å². The largest absolute Gasteiger partial charge is 0.325 e. The monoisotopic (exact) mass is 355 g/mol. The van der Waals surface area contributed by atoms with Crippen LogP contribution in [0, 0.1) is 5.82 Å². The Morgan fingerprint density at radius 2 is 1.75 bits per heavy atom. The Bertz CT molecular complexity index is 702. The van der Waals surface area contributed by atoms with Gasteiger partial charge in [0.15, 0.2) is 0 Å². The summed E-state index contributed by atoms with van der Waals surface area (Å²) >= 11 is 0. The highest BCUT2D eigenvalue weighted by Crippen LogP contribution is 2.24. The lowest BCUT2D eigenvalue weighted by molar-refractivity contribution is 0.140. The molecule has 0 aliphatic carbocycles. The number of likely N-dealkylation sites (tertiary alicyclic amines) is 1. The van der Waals surface area contributed by atoms with Gasteiger partial charge in [0.1, 0.15) is 5.82 Å². The molecule has 1 aromatic carbocycles. The zero-order chi connectivity index (χ0) is 17.3. The number of piperidine rings is 1. The Morgan fingerprint density at radius 3 is 2.38 bits per heavy atom. The van der Waals surface area contributed by atoms with Crippen LogP contribution in [0.3, 0.4) is 0 Å². The summed E-state index contributed by atoms with van der Waals surface area (Å²) in [5.41, 5.74) is 0. The van der Waals surface area contributed by atoms with Crippen LogP contribution in [-0.4, -0.2) is 60.9 Å². The maximum absolute atomic E-state index is 13.0. The number of rotatable bonds is 2. The normalized spacial score (nSPS) is 22.8. The van der Waals surface area contributed by atoms with Gasteiger partial charge in [-0.15, -0.1) is 0 Å². The number of amides is 2. The van der Waals surface area contributed by atoms with Crippen LogP contribution in [0.15, 0.2) is 29.2 Å². The third-order valence-corrected chi connectivity index (χ3v) is 6.45. The van der Waals surface area contributed by atoms with Crippen molar-refractivity contribution in [3.8, 4) is 0 Å². The molecule has 3 rings (SSSR count). The molecule has 0 bridgehead atoms. The van der Waals surface area contributed by atoms with Crippen molar-refractivity contribution < 1.29 is 17.6 Å². The van der Waals surface area contributed by atoms with Crippen molar-refractivity contribution >= 4 is 16.1 Å². The van der Waals surface area contributed by atoms with Crippen molar-refractivity contribution in [3.63, 3.8) is 0 Å². The fourth-order valence-electron chi connectivity index (χ4n) is 3.21. The summed E-state index contributed by atoms with van der Waals surface area (Å²) in [4.78, 5) is 16.1. The third kappa shape index (κ3) is 3.25. The molecule has 0 aromatic heterocycles. The summed E-state index contributed by atoms with van der Waals surface area (Å²) in [6.07, 6.45) is 3.11. The first-order valence-corrected chi connectivity index (χ1v) is 9.65. The number of hydrogen-bond acceptors (Lipinski definition) is 3. The number of carbonyl (C=O) groups excluding carboxylic acids is 1. The van der Waals surface area contributed by atoms with Gasteiger partial charge in [-0.05, 0) is 50.5 Å². The van der Waals surface area contributed by atoms with Gasteiger partial charge in [-0.2, -0.15) is 4.31 Å². The molecule has 2 aliphatic rings. The molecule has 132 valence electrons. The van der Waals surface area contributed by atoms with E-state index < -0.39 is 15.8 Å². The van der Waals surface area contributed by atoms with E-state index in [0.717, 1.165) is 44.5 Å². The minimum atomic E-state index is -3.73. The van der Waals surface area contributed by atoms with Crippen LogP contribution >= 0.6 is 0 Å². The first kappa shape index (κ1) is 17.2. The average Bonchev–Trinajstić information content (AvgIpc) is 2.98. The first-order chi connectivity index (χ1) is 11.4. The lowest BCUT2D eigenvalue weighted by atomic mass is 10.1. The average molecular weight is 355 g/mol. The molecule has 0 N–H and O–H groups in total. The fourth-order valence-corrected chi connectivity index (χ4v) is 4.67. The molecule has 24 heavy (non-hydrogen) atoms. The number of urea groups is 1. The van der Waals surface area contributed by atoms with Gasteiger partial charge in [0.2, 0.25) is 10.0 Å². The van der Waals surface area contributed by atoms with E-state index in [1.807, 2.05) is 6.92 Å². The highest BCUT2D eigenvalue weighted by Gasteiger charge is 2.39. The molecule has 0 spiro atoms. The van der Waals surface area contributed by atoms with Gasteiger partial charge in [-0.25, -0.2) is 17.6 Å². The Balaban J connectivity index is 1.75. The van der Waals surface area contributed by atoms with E-state index >= 15 is 0 Å². The molecule has 0 radical (unpaired) electrons. The molecular formula is C16H22FN3O3S. The van der Waals surface area contributed by atoms with Gasteiger partial charge in [-0.3, -0.25) is 0 Å².